The van der Waals surface area contributed by atoms with Crippen LogP contribution in [0.2, 0.25) is 5.02 Å². The second kappa shape index (κ2) is 3.83. The van der Waals surface area contributed by atoms with Gasteiger partial charge < -0.3 is 4.74 Å². The molecule has 0 saturated heterocycles. The Hall–Kier alpha value is -1.30. The van der Waals surface area contributed by atoms with Crippen molar-refractivity contribution >= 4 is 17.9 Å². The van der Waals surface area contributed by atoms with Crippen molar-refractivity contribution in [2.75, 3.05) is 0 Å². The highest BCUT2D eigenvalue weighted by atomic mass is 35.5. The van der Waals surface area contributed by atoms with E-state index in [2.05, 4.69) is 9.72 Å². The van der Waals surface area contributed by atoms with Crippen molar-refractivity contribution in [1.82, 2.24) is 4.98 Å². The third kappa shape index (κ3) is 2.88. The first-order valence-corrected chi connectivity index (χ1v) is 3.66. The Kier molecular flexibility index (Phi) is 2.95. The number of hydrogen-bond donors (Lipinski definition) is 0. The molecule has 0 bridgehead atoms. The summed E-state index contributed by atoms with van der Waals surface area (Å²) >= 11 is 5.44. The summed E-state index contributed by atoms with van der Waals surface area (Å²) in [6, 6.07) is 0.808. The molecule has 7 heteroatoms. The standard InChI is InChI=1S/C7H3ClF3NO2/c8-5-2-12-6(1-4(5)3-13)14-7(9,10)11/h1-3H. The molecule has 0 aliphatic carbocycles. The first-order chi connectivity index (χ1) is 6.42. The van der Waals surface area contributed by atoms with Crippen molar-refractivity contribution in [1.29, 1.82) is 0 Å². The average Bonchev–Trinajstić information content (AvgIpc) is 2.06. The predicted molar refractivity (Wildman–Crippen MR) is 41.3 cm³/mol. The van der Waals surface area contributed by atoms with Crippen molar-refractivity contribution in [3.63, 3.8) is 0 Å². The molecule has 1 heterocycles. The summed E-state index contributed by atoms with van der Waals surface area (Å²) in [6.07, 6.45) is -3.61. The fourth-order valence-corrected chi connectivity index (χ4v) is 0.847. The van der Waals surface area contributed by atoms with Crippen LogP contribution in [0, 0.1) is 0 Å². The van der Waals surface area contributed by atoms with Gasteiger partial charge in [-0.2, -0.15) is 0 Å². The van der Waals surface area contributed by atoms with Gasteiger partial charge >= 0.3 is 6.36 Å². The highest BCUT2D eigenvalue weighted by Crippen LogP contribution is 2.23. The number of ether oxygens (including phenoxy) is 1. The second-order valence-corrected chi connectivity index (χ2v) is 2.62. The van der Waals surface area contributed by atoms with Crippen LogP contribution >= 0.6 is 11.6 Å². The van der Waals surface area contributed by atoms with E-state index in [1.165, 1.54) is 0 Å². The number of carbonyl (C=O) groups excluding carboxylic acids is 1. The third-order valence-corrected chi connectivity index (χ3v) is 1.52. The van der Waals surface area contributed by atoms with Gasteiger partial charge in [0.2, 0.25) is 5.88 Å². The maximum Gasteiger partial charge on any atom is 0.574 e. The SMILES string of the molecule is O=Cc1cc(OC(F)(F)F)ncc1Cl. The number of rotatable bonds is 2. The number of halogens is 4. The number of pyridine rings is 1. The zero-order valence-electron chi connectivity index (χ0n) is 6.51. The van der Waals surface area contributed by atoms with E-state index in [9.17, 15) is 18.0 Å². The van der Waals surface area contributed by atoms with Crippen molar-refractivity contribution < 1.29 is 22.7 Å². The van der Waals surface area contributed by atoms with Crippen LogP contribution < -0.4 is 4.74 Å². The fraction of sp³-hybridized carbons (Fsp3) is 0.143. The van der Waals surface area contributed by atoms with E-state index in [1.54, 1.807) is 0 Å². The number of nitrogens with zero attached hydrogens (tertiary/aromatic N) is 1. The van der Waals surface area contributed by atoms with E-state index >= 15 is 0 Å². The molecular weight excluding hydrogens is 223 g/mol. The van der Waals surface area contributed by atoms with Gasteiger partial charge in [0, 0.05) is 11.6 Å². The molecule has 1 aromatic heterocycles. The maximum absolute atomic E-state index is 11.7. The second-order valence-electron chi connectivity index (χ2n) is 2.21. The fourth-order valence-electron chi connectivity index (χ4n) is 0.699. The quantitative estimate of drug-likeness (QED) is 0.726. The van der Waals surface area contributed by atoms with E-state index in [0.29, 0.717) is 6.29 Å². The summed E-state index contributed by atoms with van der Waals surface area (Å²) in [5.41, 5.74) is -0.110. The number of alkyl halides is 3. The largest absolute Gasteiger partial charge is 0.574 e. The van der Waals surface area contributed by atoms with E-state index in [4.69, 9.17) is 11.6 Å². The molecule has 0 fully saturated rings. The van der Waals surface area contributed by atoms with Gasteiger partial charge in [-0.3, -0.25) is 4.79 Å². The molecule has 0 aliphatic heterocycles. The van der Waals surface area contributed by atoms with Gasteiger partial charge in [-0.05, 0) is 0 Å². The molecule has 0 atom stereocenters. The molecule has 14 heavy (non-hydrogen) atoms. The zero-order valence-corrected chi connectivity index (χ0v) is 7.26. The molecule has 0 aromatic carbocycles. The maximum atomic E-state index is 11.7. The Balaban J connectivity index is 2.95. The monoisotopic (exact) mass is 225 g/mol. The minimum atomic E-state index is -4.83. The normalized spacial score (nSPS) is 11.1. The third-order valence-electron chi connectivity index (χ3n) is 1.21. The van der Waals surface area contributed by atoms with Crippen molar-refractivity contribution in [2.45, 2.75) is 6.36 Å². The minimum absolute atomic E-state index is 0.0328. The number of aromatic nitrogens is 1. The van der Waals surface area contributed by atoms with Gasteiger partial charge in [0.05, 0.1) is 11.2 Å². The highest BCUT2D eigenvalue weighted by molar-refractivity contribution is 6.32. The van der Waals surface area contributed by atoms with Gasteiger partial charge in [0.1, 0.15) is 0 Å². The van der Waals surface area contributed by atoms with Crippen LogP contribution in [-0.4, -0.2) is 17.6 Å². The molecule has 1 rings (SSSR count). The van der Waals surface area contributed by atoms with Gasteiger partial charge in [0.15, 0.2) is 6.29 Å². The Morgan fingerprint density at radius 1 is 1.50 bits per heavy atom. The number of aldehydes is 1. The molecule has 3 nitrogen and oxygen atoms in total. The van der Waals surface area contributed by atoms with Crippen LogP contribution in [0.1, 0.15) is 10.4 Å². The van der Waals surface area contributed by atoms with Crippen molar-refractivity contribution in [2.24, 2.45) is 0 Å². The summed E-state index contributed by atoms with van der Waals surface area (Å²) in [6.45, 7) is 0. The van der Waals surface area contributed by atoms with Gasteiger partial charge in [-0.25, -0.2) is 4.98 Å². The lowest BCUT2D eigenvalue weighted by Crippen LogP contribution is -2.18. The zero-order chi connectivity index (χ0) is 10.8. The summed E-state index contributed by atoms with van der Waals surface area (Å²) in [4.78, 5) is 13.5. The van der Waals surface area contributed by atoms with Crippen LogP contribution in [0.25, 0.3) is 0 Å². The smallest absolute Gasteiger partial charge is 0.388 e. The van der Waals surface area contributed by atoms with E-state index in [-0.39, 0.29) is 10.6 Å². The first-order valence-electron chi connectivity index (χ1n) is 3.29. The van der Waals surface area contributed by atoms with Gasteiger partial charge in [-0.1, -0.05) is 11.6 Å². The lowest BCUT2D eigenvalue weighted by Gasteiger charge is -2.07. The molecule has 0 amide bonds. The minimum Gasteiger partial charge on any atom is -0.388 e. The van der Waals surface area contributed by atoms with Crippen LogP contribution in [0.15, 0.2) is 12.3 Å². The molecule has 1 aromatic rings. The molecular formula is C7H3ClF3NO2. The Morgan fingerprint density at radius 3 is 2.64 bits per heavy atom. The molecule has 0 spiro atoms. The molecule has 0 radical (unpaired) electrons. The summed E-state index contributed by atoms with van der Waals surface area (Å²) < 4.78 is 38.6. The molecule has 0 saturated carbocycles. The van der Waals surface area contributed by atoms with Crippen LogP contribution in [0.3, 0.4) is 0 Å². The van der Waals surface area contributed by atoms with Crippen LogP contribution in [0.4, 0.5) is 13.2 Å². The lowest BCUT2D eigenvalue weighted by molar-refractivity contribution is -0.276. The van der Waals surface area contributed by atoms with Crippen LogP contribution in [0.5, 0.6) is 5.88 Å². The molecule has 76 valence electrons. The summed E-state index contributed by atoms with van der Waals surface area (Å²) in [5, 5.41) is -0.0328. The van der Waals surface area contributed by atoms with E-state index < -0.39 is 12.2 Å². The van der Waals surface area contributed by atoms with Crippen LogP contribution in [-0.2, 0) is 0 Å². The molecule has 0 N–H and O–H groups in total. The summed E-state index contributed by atoms with van der Waals surface area (Å²) in [5.74, 6) is -0.719. The van der Waals surface area contributed by atoms with E-state index in [1.807, 2.05) is 0 Å². The topological polar surface area (TPSA) is 39.2 Å². The summed E-state index contributed by atoms with van der Waals surface area (Å²) in [7, 11) is 0. The molecule has 0 aliphatic rings. The van der Waals surface area contributed by atoms with Crippen molar-refractivity contribution in [3.8, 4) is 5.88 Å². The predicted octanol–water partition coefficient (Wildman–Crippen LogP) is 2.45. The van der Waals surface area contributed by atoms with Gasteiger partial charge in [0.25, 0.3) is 0 Å². The first kappa shape index (κ1) is 10.8. The van der Waals surface area contributed by atoms with E-state index in [0.717, 1.165) is 12.3 Å². The lowest BCUT2D eigenvalue weighted by atomic mass is 10.3. The average molecular weight is 226 g/mol. The number of carbonyl (C=O) groups is 1. The van der Waals surface area contributed by atoms with Crippen molar-refractivity contribution in [3.05, 3.63) is 22.8 Å². The highest BCUT2D eigenvalue weighted by Gasteiger charge is 2.31. The molecule has 0 unspecified atom stereocenters. The Labute approximate surface area is 81.5 Å². The Morgan fingerprint density at radius 2 is 2.14 bits per heavy atom. The Bertz CT molecular complexity index is 353. The van der Waals surface area contributed by atoms with Gasteiger partial charge in [-0.15, -0.1) is 13.2 Å². The number of hydrogen-bond acceptors (Lipinski definition) is 3.